The number of carboxylic acids is 1. The van der Waals surface area contributed by atoms with E-state index in [4.69, 9.17) is 9.84 Å². The van der Waals surface area contributed by atoms with Gasteiger partial charge in [0.25, 0.3) is 0 Å². The van der Waals surface area contributed by atoms with Crippen molar-refractivity contribution in [3.8, 4) is 5.75 Å². The van der Waals surface area contributed by atoms with Crippen LogP contribution >= 0.6 is 0 Å². The van der Waals surface area contributed by atoms with Gasteiger partial charge in [-0.25, -0.2) is 0 Å². The summed E-state index contributed by atoms with van der Waals surface area (Å²) in [6.07, 6.45) is 4.43. The van der Waals surface area contributed by atoms with E-state index in [9.17, 15) is 9.59 Å². The number of benzene rings is 1. The summed E-state index contributed by atoms with van der Waals surface area (Å²) < 4.78 is 5.22. The molecular weight excluding hydrogens is 296 g/mol. The number of rotatable bonds is 6. The van der Waals surface area contributed by atoms with Crippen molar-refractivity contribution in [1.82, 2.24) is 10.3 Å². The van der Waals surface area contributed by atoms with Crippen molar-refractivity contribution < 1.29 is 19.4 Å². The Kier molecular flexibility index (Phi) is 3.98. The molecule has 3 N–H and O–H groups in total. The van der Waals surface area contributed by atoms with Crippen LogP contribution in [0.15, 0.2) is 24.4 Å². The van der Waals surface area contributed by atoms with E-state index in [1.807, 2.05) is 24.4 Å². The number of hydrogen-bond donors (Lipinski definition) is 3. The Labute approximate surface area is 133 Å². The molecule has 2 aromatic rings. The molecule has 0 bridgehead atoms. The number of aromatic amines is 1. The van der Waals surface area contributed by atoms with Gasteiger partial charge in [0.05, 0.1) is 25.5 Å². The summed E-state index contributed by atoms with van der Waals surface area (Å²) in [5, 5.41) is 12.9. The molecule has 122 valence electrons. The van der Waals surface area contributed by atoms with Crippen LogP contribution < -0.4 is 10.1 Å². The van der Waals surface area contributed by atoms with Gasteiger partial charge < -0.3 is 20.1 Å². The molecule has 1 aliphatic carbocycles. The maximum absolute atomic E-state index is 12.3. The highest BCUT2D eigenvalue weighted by Crippen LogP contribution is 2.35. The number of fused-ring (bicyclic) bond motifs is 1. The predicted molar refractivity (Wildman–Crippen MR) is 85.5 cm³/mol. The third-order valence-corrected chi connectivity index (χ3v) is 4.53. The lowest BCUT2D eigenvalue weighted by Crippen LogP contribution is -2.55. The highest BCUT2D eigenvalue weighted by molar-refractivity contribution is 5.90. The number of methoxy groups -OCH3 is 1. The molecule has 0 unspecified atom stereocenters. The van der Waals surface area contributed by atoms with Gasteiger partial charge in [0.1, 0.15) is 5.75 Å². The molecule has 1 heterocycles. The smallest absolute Gasteiger partial charge is 0.305 e. The molecule has 1 aromatic heterocycles. The molecule has 0 aliphatic heterocycles. The first kappa shape index (κ1) is 15.4. The Bertz CT molecular complexity index is 746. The third-order valence-electron chi connectivity index (χ3n) is 4.53. The SMILES string of the molecule is COc1ccc2[nH]cc(CC(=O)NC3(CC(=O)O)CCC3)c2c1. The van der Waals surface area contributed by atoms with Crippen molar-refractivity contribution in [2.75, 3.05) is 7.11 Å². The van der Waals surface area contributed by atoms with Gasteiger partial charge in [-0.15, -0.1) is 0 Å². The number of nitrogens with one attached hydrogen (secondary N) is 2. The highest BCUT2D eigenvalue weighted by atomic mass is 16.5. The number of carbonyl (C=O) groups is 2. The molecule has 0 radical (unpaired) electrons. The first-order valence-corrected chi connectivity index (χ1v) is 7.68. The molecule has 23 heavy (non-hydrogen) atoms. The Hall–Kier alpha value is -2.50. The zero-order valence-corrected chi connectivity index (χ0v) is 13.0. The molecule has 0 spiro atoms. The van der Waals surface area contributed by atoms with Crippen molar-refractivity contribution in [1.29, 1.82) is 0 Å². The standard InChI is InChI=1S/C17H20N2O4/c1-23-12-3-4-14-13(8-12)11(10-18-14)7-15(20)19-17(5-2-6-17)9-16(21)22/h3-4,8,10,18H,2,5-7,9H2,1H3,(H,19,20)(H,21,22). The maximum atomic E-state index is 12.3. The summed E-state index contributed by atoms with van der Waals surface area (Å²) in [6, 6.07) is 5.66. The van der Waals surface area contributed by atoms with Crippen LogP contribution in [0.1, 0.15) is 31.2 Å². The molecule has 6 heteroatoms. The first-order chi connectivity index (χ1) is 11.0. The lowest BCUT2D eigenvalue weighted by Gasteiger charge is -2.41. The van der Waals surface area contributed by atoms with E-state index in [0.717, 1.165) is 41.5 Å². The number of carbonyl (C=O) groups excluding carboxylic acids is 1. The van der Waals surface area contributed by atoms with Gasteiger partial charge in [0.15, 0.2) is 0 Å². The molecule has 0 atom stereocenters. The molecule has 3 rings (SSSR count). The van der Waals surface area contributed by atoms with Gasteiger partial charge >= 0.3 is 5.97 Å². The van der Waals surface area contributed by atoms with Crippen LogP contribution in [-0.2, 0) is 16.0 Å². The summed E-state index contributed by atoms with van der Waals surface area (Å²) in [7, 11) is 1.60. The number of aromatic nitrogens is 1. The highest BCUT2D eigenvalue weighted by Gasteiger charge is 2.40. The lowest BCUT2D eigenvalue weighted by molar-refractivity contribution is -0.140. The molecule has 1 aromatic carbocycles. The quantitative estimate of drug-likeness (QED) is 0.762. The van der Waals surface area contributed by atoms with E-state index in [1.165, 1.54) is 0 Å². The van der Waals surface area contributed by atoms with Crippen LogP contribution in [0.5, 0.6) is 5.75 Å². The molecule has 1 fully saturated rings. The average molecular weight is 316 g/mol. The average Bonchev–Trinajstić information content (AvgIpc) is 2.86. The van der Waals surface area contributed by atoms with Gasteiger partial charge in [0, 0.05) is 17.1 Å². The summed E-state index contributed by atoms with van der Waals surface area (Å²) in [4.78, 5) is 26.5. The fourth-order valence-electron chi connectivity index (χ4n) is 3.18. The molecule has 1 amide bonds. The molecule has 6 nitrogen and oxygen atoms in total. The van der Waals surface area contributed by atoms with Crippen LogP contribution in [0.4, 0.5) is 0 Å². The second kappa shape index (κ2) is 5.95. The number of amides is 1. The Morgan fingerprint density at radius 2 is 2.17 bits per heavy atom. The molecule has 0 saturated heterocycles. The minimum atomic E-state index is -0.873. The number of aliphatic carboxylic acids is 1. The number of ether oxygens (including phenoxy) is 1. The Balaban J connectivity index is 1.74. The Morgan fingerprint density at radius 3 is 2.78 bits per heavy atom. The summed E-state index contributed by atoms with van der Waals surface area (Å²) in [5.74, 6) is -0.281. The van der Waals surface area contributed by atoms with Crippen molar-refractivity contribution in [3.63, 3.8) is 0 Å². The van der Waals surface area contributed by atoms with Crippen LogP contribution in [-0.4, -0.2) is 34.6 Å². The van der Waals surface area contributed by atoms with E-state index >= 15 is 0 Å². The number of H-pyrrole nitrogens is 1. The zero-order chi connectivity index (χ0) is 16.4. The van der Waals surface area contributed by atoms with Gasteiger partial charge in [-0.3, -0.25) is 9.59 Å². The number of carboxylic acid groups (broad SMARTS) is 1. The largest absolute Gasteiger partial charge is 0.497 e. The van der Waals surface area contributed by atoms with Gasteiger partial charge in [0.2, 0.25) is 5.91 Å². The van der Waals surface area contributed by atoms with Gasteiger partial charge in [-0.2, -0.15) is 0 Å². The minimum Gasteiger partial charge on any atom is -0.497 e. The minimum absolute atomic E-state index is 0.0134. The Morgan fingerprint density at radius 1 is 1.39 bits per heavy atom. The lowest BCUT2D eigenvalue weighted by atomic mass is 9.74. The fraction of sp³-hybridized carbons (Fsp3) is 0.412. The van der Waals surface area contributed by atoms with E-state index < -0.39 is 11.5 Å². The summed E-state index contributed by atoms with van der Waals surface area (Å²) >= 11 is 0. The topological polar surface area (TPSA) is 91.4 Å². The normalized spacial score (nSPS) is 15.9. The van der Waals surface area contributed by atoms with Crippen LogP contribution in [0, 0.1) is 0 Å². The molecule has 1 saturated carbocycles. The zero-order valence-electron chi connectivity index (χ0n) is 13.0. The monoisotopic (exact) mass is 316 g/mol. The van der Waals surface area contributed by atoms with Crippen LogP contribution in [0.2, 0.25) is 0 Å². The van der Waals surface area contributed by atoms with E-state index in [1.54, 1.807) is 7.11 Å². The maximum Gasteiger partial charge on any atom is 0.305 e. The van der Waals surface area contributed by atoms with E-state index in [0.29, 0.717) is 0 Å². The summed E-state index contributed by atoms with van der Waals surface area (Å²) in [5.41, 5.74) is 1.26. The summed E-state index contributed by atoms with van der Waals surface area (Å²) in [6.45, 7) is 0. The van der Waals surface area contributed by atoms with Crippen molar-refractivity contribution in [2.45, 2.75) is 37.6 Å². The van der Waals surface area contributed by atoms with Gasteiger partial charge in [-0.05, 0) is 43.0 Å². The fourth-order valence-corrected chi connectivity index (χ4v) is 3.18. The second-order valence-electron chi connectivity index (χ2n) is 6.15. The van der Waals surface area contributed by atoms with Crippen LogP contribution in [0.25, 0.3) is 10.9 Å². The molecular formula is C17H20N2O4. The molecule has 1 aliphatic rings. The van der Waals surface area contributed by atoms with Crippen molar-refractivity contribution in [2.24, 2.45) is 0 Å². The number of hydrogen-bond acceptors (Lipinski definition) is 3. The van der Waals surface area contributed by atoms with E-state index in [2.05, 4.69) is 10.3 Å². The third kappa shape index (κ3) is 3.16. The van der Waals surface area contributed by atoms with E-state index in [-0.39, 0.29) is 18.7 Å². The predicted octanol–water partition coefficient (Wildman–Crippen LogP) is 2.23. The van der Waals surface area contributed by atoms with Crippen molar-refractivity contribution >= 4 is 22.8 Å². The van der Waals surface area contributed by atoms with Gasteiger partial charge in [-0.1, -0.05) is 0 Å². The second-order valence-corrected chi connectivity index (χ2v) is 6.15. The van der Waals surface area contributed by atoms with Crippen molar-refractivity contribution in [3.05, 3.63) is 30.0 Å². The van der Waals surface area contributed by atoms with Crippen LogP contribution in [0.3, 0.4) is 0 Å². The first-order valence-electron chi connectivity index (χ1n) is 7.68.